The van der Waals surface area contributed by atoms with Gasteiger partial charge in [-0.3, -0.25) is 4.79 Å². The first kappa shape index (κ1) is 16.4. The van der Waals surface area contributed by atoms with Gasteiger partial charge in [0.15, 0.2) is 0 Å². The van der Waals surface area contributed by atoms with Crippen LogP contribution in [0.1, 0.15) is 21.6 Å². The maximum Gasteiger partial charge on any atom is 0.272 e. The topological polar surface area (TPSA) is 61.4 Å². The van der Waals surface area contributed by atoms with E-state index in [4.69, 9.17) is 0 Å². The van der Waals surface area contributed by atoms with Gasteiger partial charge in [0.1, 0.15) is 17.8 Å². The Morgan fingerprint density at radius 2 is 1.75 bits per heavy atom. The average molecular weight is 325 g/mol. The van der Waals surface area contributed by atoms with Crippen molar-refractivity contribution in [1.29, 1.82) is 0 Å². The number of amides is 1. The van der Waals surface area contributed by atoms with Crippen molar-refractivity contribution in [3.05, 3.63) is 47.4 Å². The van der Waals surface area contributed by atoms with E-state index in [0.29, 0.717) is 11.5 Å². The zero-order valence-electron chi connectivity index (χ0n) is 14.4. The molecule has 6 nitrogen and oxygen atoms in total. The molecule has 0 unspecified atom stereocenters. The van der Waals surface area contributed by atoms with Crippen LogP contribution >= 0.6 is 0 Å². The average Bonchev–Trinajstić information content (AvgIpc) is 2.59. The van der Waals surface area contributed by atoms with Crippen molar-refractivity contribution < 1.29 is 4.79 Å². The molecule has 0 aliphatic carbocycles. The Morgan fingerprint density at radius 3 is 2.42 bits per heavy atom. The van der Waals surface area contributed by atoms with E-state index >= 15 is 0 Å². The number of rotatable bonds is 3. The fourth-order valence-corrected chi connectivity index (χ4v) is 2.85. The van der Waals surface area contributed by atoms with Crippen LogP contribution in [-0.2, 0) is 0 Å². The van der Waals surface area contributed by atoms with Crippen LogP contribution in [0.3, 0.4) is 0 Å². The van der Waals surface area contributed by atoms with Crippen LogP contribution < -0.4 is 5.32 Å². The Bertz CT molecular complexity index is 718. The van der Waals surface area contributed by atoms with Gasteiger partial charge < -0.3 is 15.1 Å². The first-order valence-electron chi connectivity index (χ1n) is 8.17. The molecule has 6 heteroatoms. The lowest BCUT2D eigenvalue weighted by Crippen LogP contribution is -2.47. The Labute approximate surface area is 142 Å². The van der Waals surface area contributed by atoms with E-state index in [1.54, 1.807) is 6.07 Å². The van der Waals surface area contributed by atoms with Gasteiger partial charge >= 0.3 is 0 Å². The highest BCUT2D eigenvalue weighted by atomic mass is 16.2. The second-order valence-corrected chi connectivity index (χ2v) is 6.28. The van der Waals surface area contributed by atoms with Gasteiger partial charge in [0.25, 0.3) is 5.91 Å². The summed E-state index contributed by atoms with van der Waals surface area (Å²) in [6.07, 6.45) is 1.44. The Hall–Kier alpha value is -2.47. The highest BCUT2D eigenvalue weighted by Crippen LogP contribution is 2.23. The summed E-state index contributed by atoms with van der Waals surface area (Å²) in [6, 6.07) is 7.85. The van der Waals surface area contributed by atoms with Crippen molar-refractivity contribution in [2.45, 2.75) is 13.8 Å². The third-order valence-corrected chi connectivity index (χ3v) is 4.41. The molecule has 0 atom stereocenters. The molecule has 0 spiro atoms. The summed E-state index contributed by atoms with van der Waals surface area (Å²) in [5.74, 6) is 0.606. The van der Waals surface area contributed by atoms with Gasteiger partial charge in [-0.2, -0.15) is 0 Å². The molecule has 0 radical (unpaired) electrons. The number of nitrogens with zero attached hydrogens (tertiary/aromatic N) is 4. The summed E-state index contributed by atoms with van der Waals surface area (Å²) in [5, 5.41) is 3.32. The van der Waals surface area contributed by atoms with Crippen LogP contribution in [0, 0.1) is 13.8 Å². The number of likely N-dealkylation sites (N-methyl/N-ethyl adjacent to an activating group) is 1. The Morgan fingerprint density at radius 1 is 1.08 bits per heavy atom. The molecule has 1 aromatic carbocycles. The number of para-hydroxylation sites is 1. The van der Waals surface area contributed by atoms with E-state index in [-0.39, 0.29) is 5.91 Å². The highest BCUT2D eigenvalue weighted by Gasteiger charge is 2.21. The van der Waals surface area contributed by atoms with E-state index in [2.05, 4.69) is 27.2 Å². The minimum Gasteiger partial charge on any atom is -0.340 e. The molecule has 2 aromatic rings. The minimum atomic E-state index is -0.0324. The van der Waals surface area contributed by atoms with Crippen molar-refractivity contribution in [3.63, 3.8) is 0 Å². The fraction of sp³-hybridized carbons (Fsp3) is 0.389. The molecule has 1 aliphatic heterocycles. The lowest BCUT2D eigenvalue weighted by molar-refractivity contribution is 0.0658. The lowest BCUT2D eigenvalue weighted by Gasteiger charge is -2.32. The predicted octanol–water partition coefficient (Wildman–Crippen LogP) is 2.22. The van der Waals surface area contributed by atoms with E-state index in [9.17, 15) is 4.79 Å². The van der Waals surface area contributed by atoms with E-state index in [1.807, 2.05) is 36.9 Å². The van der Waals surface area contributed by atoms with Crippen LogP contribution in [-0.4, -0.2) is 58.9 Å². The largest absolute Gasteiger partial charge is 0.340 e. The second kappa shape index (κ2) is 6.97. The van der Waals surface area contributed by atoms with E-state index in [1.165, 1.54) is 6.33 Å². The summed E-state index contributed by atoms with van der Waals surface area (Å²) in [4.78, 5) is 25.1. The normalized spacial score (nSPS) is 15.4. The third-order valence-electron chi connectivity index (χ3n) is 4.41. The van der Waals surface area contributed by atoms with Crippen LogP contribution in [0.2, 0.25) is 0 Å². The molecule has 1 aromatic heterocycles. The van der Waals surface area contributed by atoms with Crippen molar-refractivity contribution in [1.82, 2.24) is 19.8 Å². The predicted molar refractivity (Wildman–Crippen MR) is 94.6 cm³/mol. The van der Waals surface area contributed by atoms with Crippen molar-refractivity contribution in [2.24, 2.45) is 0 Å². The number of benzene rings is 1. The molecule has 3 rings (SSSR count). The van der Waals surface area contributed by atoms with Gasteiger partial charge in [-0.15, -0.1) is 0 Å². The molecule has 126 valence electrons. The molecule has 1 aliphatic rings. The van der Waals surface area contributed by atoms with Crippen LogP contribution in [0.4, 0.5) is 11.5 Å². The number of anilines is 2. The number of carbonyl (C=O) groups is 1. The summed E-state index contributed by atoms with van der Waals surface area (Å²) < 4.78 is 0. The smallest absolute Gasteiger partial charge is 0.272 e. The number of aryl methyl sites for hydroxylation is 2. The molecular weight excluding hydrogens is 302 g/mol. The van der Waals surface area contributed by atoms with Gasteiger partial charge in [0.2, 0.25) is 0 Å². The molecule has 1 fully saturated rings. The van der Waals surface area contributed by atoms with Crippen LogP contribution in [0.5, 0.6) is 0 Å². The summed E-state index contributed by atoms with van der Waals surface area (Å²) in [5.41, 5.74) is 3.73. The minimum absolute atomic E-state index is 0.0324. The first-order chi connectivity index (χ1) is 11.5. The van der Waals surface area contributed by atoms with Crippen LogP contribution in [0.15, 0.2) is 30.6 Å². The van der Waals surface area contributed by atoms with E-state index < -0.39 is 0 Å². The molecule has 1 saturated heterocycles. The highest BCUT2D eigenvalue weighted by molar-refractivity contribution is 5.93. The molecule has 1 amide bonds. The summed E-state index contributed by atoms with van der Waals surface area (Å²) in [7, 11) is 2.07. The molecule has 0 bridgehead atoms. The lowest BCUT2D eigenvalue weighted by atomic mass is 10.1. The summed E-state index contributed by atoms with van der Waals surface area (Å²) in [6.45, 7) is 7.35. The Kier molecular flexibility index (Phi) is 4.76. The number of carbonyl (C=O) groups excluding carboxylic acids is 1. The molecule has 24 heavy (non-hydrogen) atoms. The molecule has 0 saturated carbocycles. The molecular formula is C18H23N5O. The Balaban J connectivity index is 1.78. The third kappa shape index (κ3) is 3.54. The van der Waals surface area contributed by atoms with Gasteiger partial charge in [-0.05, 0) is 32.0 Å². The number of aromatic nitrogens is 2. The van der Waals surface area contributed by atoms with Crippen molar-refractivity contribution in [2.75, 3.05) is 38.5 Å². The zero-order chi connectivity index (χ0) is 17.1. The summed E-state index contributed by atoms with van der Waals surface area (Å²) >= 11 is 0. The number of piperazine rings is 1. The first-order valence-corrected chi connectivity index (χ1v) is 8.17. The van der Waals surface area contributed by atoms with Gasteiger partial charge in [-0.1, -0.05) is 18.2 Å². The van der Waals surface area contributed by atoms with Gasteiger partial charge in [0.05, 0.1) is 0 Å². The second-order valence-electron chi connectivity index (χ2n) is 6.28. The number of hydrogen-bond acceptors (Lipinski definition) is 5. The quantitative estimate of drug-likeness (QED) is 0.937. The van der Waals surface area contributed by atoms with Gasteiger partial charge in [-0.25, -0.2) is 9.97 Å². The number of hydrogen-bond donors (Lipinski definition) is 1. The number of nitrogens with one attached hydrogen (secondary N) is 1. The zero-order valence-corrected chi connectivity index (χ0v) is 14.4. The fourth-order valence-electron chi connectivity index (χ4n) is 2.85. The van der Waals surface area contributed by atoms with Crippen molar-refractivity contribution in [3.8, 4) is 0 Å². The SMILES string of the molecule is Cc1cccc(C)c1Nc1cc(C(=O)N2CCN(C)CC2)ncn1. The molecule has 2 heterocycles. The maximum atomic E-state index is 12.6. The monoisotopic (exact) mass is 325 g/mol. The van der Waals surface area contributed by atoms with Gasteiger partial charge in [0, 0.05) is 37.9 Å². The van der Waals surface area contributed by atoms with Crippen LogP contribution in [0.25, 0.3) is 0 Å². The maximum absolute atomic E-state index is 12.6. The standard InChI is InChI=1S/C18H23N5O/c1-13-5-4-6-14(2)17(13)21-16-11-15(19-12-20-16)18(24)23-9-7-22(3)8-10-23/h4-6,11-12H,7-10H2,1-3H3,(H,19,20,21). The molecule has 1 N–H and O–H groups in total. The van der Waals surface area contributed by atoms with E-state index in [0.717, 1.165) is 43.0 Å². The van der Waals surface area contributed by atoms with Crippen molar-refractivity contribution >= 4 is 17.4 Å².